The van der Waals surface area contributed by atoms with Crippen molar-refractivity contribution >= 4 is 5.97 Å². The van der Waals surface area contributed by atoms with E-state index in [-0.39, 0.29) is 18.6 Å². The second-order valence-electron chi connectivity index (χ2n) is 4.72. The zero-order valence-electron chi connectivity index (χ0n) is 11.4. The van der Waals surface area contributed by atoms with Crippen LogP contribution in [-0.4, -0.2) is 17.7 Å². The van der Waals surface area contributed by atoms with Gasteiger partial charge in [0.25, 0.3) is 0 Å². The Morgan fingerprint density at radius 2 is 1.90 bits per heavy atom. The van der Waals surface area contributed by atoms with Gasteiger partial charge in [-0.15, -0.1) is 0 Å². The minimum Gasteiger partial charge on any atom is -0.507 e. The summed E-state index contributed by atoms with van der Waals surface area (Å²) < 4.78 is 31.9. The molecule has 1 N–H and O–H groups in total. The smallest absolute Gasteiger partial charge is 0.345 e. The Morgan fingerprint density at radius 3 is 2.40 bits per heavy atom. The summed E-state index contributed by atoms with van der Waals surface area (Å²) >= 11 is 0. The summed E-state index contributed by atoms with van der Waals surface area (Å²) in [5, 5.41) is 9.91. The molecule has 0 saturated carbocycles. The van der Waals surface area contributed by atoms with Crippen LogP contribution in [-0.2, 0) is 11.2 Å². The van der Waals surface area contributed by atoms with E-state index in [0.29, 0.717) is 11.1 Å². The molecule has 0 bridgehead atoms. The SMILES string of the molecule is C=C(C)COC(=O)c1c(O)c(CC(=C)C)cc(F)c1F. The van der Waals surface area contributed by atoms with Crippen molar-refractivity contribution in [3.05, 3.63) is 53.1 Å². The van der Waals surface area contributed by atoms with Crippen LogP contribution >= 0.6 is 0 Å². The van der Waals surface area contributed by atoms with Gasteiger partial charge in [-0.25, -0.2) is 13.6 Å². The van der Waals surface area contributed by atoms with Crippen molar-refractivity contribution in [2.75, 3.05) is 6.61 Å². The highest BCUT2D eigenvalue weighted by atomic mass is 19.2. The Labute approximate surface area is 116 Å². The van der Waals surface area contributed by atoms with Crippen molar-refractivity contribution in [3.63, 3.8) is 0 Å². The molecule has 20 heavy (non-hydrogen) atoms. The van der Waals surface area contributed by atoms with Gasteiger partial charge in [0.1, 0.15) is 17.9 Å². The van der Waals surface area contributed by atoms with Gasteiger partial charge in [-0.3, -0.25) is 0 Å². The van der Waals surface area contributed by atoms with Gasteiger partial charge in [0.05, 0.1) is 0 Å². The van der Waals surface area contributed by atoms with E-state index < -0.39 is 28.9 Å². The van der Waals surface area contributed by atoms with E-state index in [2.05, 4.69) is 13.2 Å². The van der Waals surface area contributed by atoms with Crippen LogP contribution in [0.3, 0.4) is 0 Å². The van der Waals surface area contributed by atoms with Crippen LogP contribution < -0.4 is 0 Å². The third-order valence-electron chi connectivity index (χ3n) is 2.42. The van der Waals surface area contributed by atoms with Gasteiger partial charge in [0.2, 0.25) is 0 Å². The zero-order valence-corrected chi connectivity index (χ0v) is 11.4. The Kier molecular flexibility index (Phi) is 5.02. The molecule has 1 aromatic carbocycles. The topological polar surface area (TPSA) is 46.5 Å². The van der Waals surface area contributed by atoms with E-state index in [9.17, 15) is 18.7 Å². The number of carbonyl (C=O) groups is 1. The van der Waals surface area contributed by atoms with Crippen molar-refractivity contribution in [1.29, 1.82) is 0 Å². The maximum atomic E-state index is 13.7. The Bertz CT molecular complexity index is 577. The molecule has 0 amide bonds. The number of phenolic OH excluding ortho intramolecular Hbond substituents is 1. The summed E-state index contributed by atoms with van der Waals surface area (Å²) in [7, 11) is 0. The predicted molar refractivity (Wildman–Crippen MR) is 71.6 cm³/mol. The molecule has 0 saturated heterocycles. The van der Waals surface area contributed by atoms with Gasteiger partial charge in [-0.2, -0.15) is 0 Å². The van der Waals surface area contributed by atoms with Gasteiger partial charge in [-0.1, -0.05) is 18.7 Å². The lowest BCUT2D eigenvalue weighted by atomic mass is 10.0. The van der Waals surface area contributed by atoms with E-state index in [4.69, 9.17) is 4.74 Å². The highest BCUT2D eigenvalue weighted by Crippen LogP contribution is 2.30. The van der Waals surface area contributed by atoms with E-state index in [1.165, 1.54) is 0 Å². The van der Waals surface area contributed by atoms with Crippen molar-refractivity contribution in [1.82, 2.24) is 0 Å². The second kappa shape index (κ2) is 6.32. The Balaban J connectivity index is 3.23. The van der Waals surface area contributed by atoms with Gasteiger partial charge in [0.15, 0.2) is 11.6 Å². The summed E-state index contributed by atoms with van der Waals surface area (Å²) in [6, 6.07) is 0.842. The molecule has 0 heterocycles. The summed E-state index contributed by atoms with van der Waals surface area (Å²) in [4.78, 5) is 11.7. The average molecular weight is 282 g/mol. The monoisotopic (exact) mass is 282 g/mol. The minimum atomic E-state index is -1.43. The van der Waals surface area contributed by atoms with Crippen LogP contribution in [0.1, 0.15) is 29.8 Å². The molecule has 3 nitrogen and oxygen atoms in total. The lowest BCUT2D eigenvalue weighted by molar-refractivity contribution is 0.0530. The second-order valence-corrected chi connectivity index (χ2v) is 4.72. The third-order valence-corrected chi connectivity index (χ3v) is 2.42. The van der Waals surface area contributed by atoms with Gasteiger partial charge >= 0.3 is 5.97 Å². The molecule has 5 heteroatoms. The number of hydrogen-bond acceptors (Lipinski definition) is 3. The number of allylic oxidation sites excluding steroid dienone is 1. The summed E-state index contributed by atoms with van der Waals surface area (Å²) in [5.74, 6) is -4.41. The summed E-state index contributed by atoms with van der Waals surface area (Å²) in [6.45, 7) is 10.3. The predicted octanol–water partition coefficient (Wildman–Crippen LogP) is 3.52. The molecule has 0 atom stereocenters. The van der Waals surface area contributed by atoms with Crippen LogP contribution in [0.25, 0.3) is 0 Å². The van der Waals surface area contributed by atoms with Crippen molar-refractivity contribution in [3.8, 4) is 5.75 Å². The number of carbonyl (C=O) groups excluding carboxylic acids is 1. The first-order valence-electron chi connectivity index (χ1n) is 5.89. The first-order chi connectivity index (χ1) is 9.23. The molecule has 1 aromatic rings. The molecule has 1 rings (SSSR count). The largest absolute Gasteiger partial charge is 0.507 e. The number of aromatic hydroxyl groups is 1. The molecule has 0 fully saturated rings. The third kappa shape index (κ3) is 3.66. The molecule has 0 aliphatic carbocycles. The molecule has 108 valence electrons. The number of ether oxygens (including phenoxy) is 1. The van der Waals surface area contributed by atoms with E-state index in [1.807, 2.05) is 0 Å². The van der Waals surface area contributed by atoms with E-state index in [0.717, 1.165) is 6.07 Å². The minimum absolute atomic E-state index is 0.0821. The summed E-state index contributed by atoms with van der Waals surface area (Å²) in [5.41, 5.74) is 0.450. The normalized spacial score (nSPS) is 10.2. The highest BCUT2D eigenvalue weighted by molar-refractivity contribution is 5.93. The molecular formula is C15H16F2O3. The Morgan fingerprint density at radius 1 is 1.30 bits per heavy atom. The molecule has 0 spiro atoms. The van der Waals surface area contributed by atoms with E-state index in [1.54, 1.807) is 13.8 Å². The quantitative estimate of drug-likeness (QED) is 0.664. The number of hydrogen-bond donors (Lipinski definition) is 1. The average Bonchev–Trinajstić information content (AvgIpc) is 2.33. The lowest BCUT2D eigenvalue weighted by Gasteiger charge is -2.11. The van der Waals surface area contributed by atoms with Crippen LogP contribution in [0.5, 0.6) is 5.75 Å². The van der Waals surface area contributed by atoms with Crippen molar-refractivity contribution < 1.29 is 23.4 Å². The molecule has 0 radical (unpaired) electrons. The van der Waals surface area contributed by atoms with E-state index >= 15 is 0 Å². The highest BCUT2D eigenvalue weighted by Gasteiger charge is 2.25. The van der Waals surface area contributed by atoms with Crippen LogP contribution in [0.15, 0.2) is 30.4 Å². The molecular weight excluding hydrogens is 266 g/mol. The summed E-state index contributed by atoms with van der Waals surface area (Å²) in [6.07, 6.45) is 0.129. The van der Waals surface area contributed by atoms with Gasteiger partial charge < -0.3 is 9.84 Å². The number of halogens is 2. The zero-order chi connectivity index (χ0) is 15.4. The molecule has 0 aliphatic heterocycles. The van der Waals surface area contributed by atoms with Gasteiger partial charge in [0, 0.05) is 5.56 Å². The van der Waals surface area contributed by atoms with Crippen LogP contribution in [0, 0.1) is 11.6 Å². The fourth-order valence-electron chi connectivity index (χ4n) is 1.58. The molecule has 0 unspecified atom stereocenters. The molecule has 0 aromatic heterocycles. The maximum Gasteiger partial charge on any atom is 0.345 e. The fraction of sp³-hybridized carbons (Fsp3) is 0.267. The number of rotatable bonds is 5. The Hall–Kier alpha value is -2.17. The van der Waals surface area contributed by atoms with Crippen LogP contribution in [0.2, 0.25) is 0 Å². The maximum absolute atomic E-state index is 13.7. The van der Waals surface area contributed by atoms with Crippen molar-refractivity contribution in [2.45, 2.75) is 20.3 Å². The first kappa shape index (κ1) is 15.9. The van der Waals surface area contributed by atoms with Crippen molar-refractivity contribution in [2.24, 2.45) is 0 Å². The lowest BCUT2D eigenvalue weighted by Crippen LogP contribution is -2.12. The first-order valence-corrected chi connectivity index (χ1v) is 5.89. The standard InChI is InChI=1S/C15H16F2O3/c1-8(2)5-10-6-11(16)13(17)12(14(10)18)15(19)20-7-9(3)4/h6,18H,1,3,5,7H2,2,4H3. The fourth-order valence-corrected chi connectivity index (χ4v) is 1.58. The number of benzene rings is 1. The molecule has 0 aliphatic rings. The number of phenols is 1. The van der Waals surface area contributed by atoms with Crippen LogP contribution in [0.4, 0.5) is 8.78 Å². The van der Waals surface area contributed by atoms with Gasteiger partial charge in [-0.05, 0) is 31.9 Å². The number of esters is 1.